The number of Topliss-reactive ketones (excluding diaryl/α,β-unsaturated/α-hetero) is 2. The van der Waals surface area contributed by atoms with Crippen molar-refractivity contribution in [3.05, 3.63) is 107 Å². The fourth-order valence-electron chi connectivity index (χ4n) is 5.74. The van der Waals surface area contributed by atoms with Crippen molar-refractivity contribution in [2.24, 2.45) is 11.8 Å². The molecule has 1 aliphatic carbocycles. The number of hydrogen-bond acceptors (Lipinski definition) is 5. The SMILES string of the molecule is Cc1ccc(C2OC3(C(=O)c4ccccc4C3=O)C3C(=O)N(CCc4ccccc4)C(=O)C23)cc1. The molecule has 0 radical (unpaired) electrons. The number of nitrogens with zero attached hydrogens (tertiary/aromatic N) is 1. The Morgan fingerprint density at radius 3 is 2.00 bits per heavy atom. The third-order valence-electron chi connectivity index (χ3n) is 7.48. The van der Waals surface area contributed by atoms with Crippen molar-refractivity contribution >= 4 is 23.4 Å². The van der Waals surface area contributed by atoms with Gasteiger partial charge in [0, 0.05) is 17.7 Å². The number of benzene rings is 3. The van der Waals surface area contributed by atoms with Crippen LogP contribution in [0.5, 0.6) is 0 Å². The van der Waals surface area contributed by atoms with Gasteiger partial charge in [-0.2, -0.15) is 0 Å². The Bertz CT molecular complexity index is 1340. The van der Waals surface area contributed by atoms with E-state index in [9.17, 15) is 19.2 Å². The number of ketones is 2. The number of ether oxygens (including phenoxy) is 1. The van der Waals surface area contributed by atoms with Gasteiger partial charge in [0.15, 0.2) is 0 Å². The van der Waals surface area contributed by atoms with Crippen LogP contribution in [0.25, 0.3) is 0 Å². The number of likely N-dealkylation sites (tertiary alicyclic amines) is 1. The predicted molar refractivity (Wildman–Crippen MR) is 127 cm³/mol. The van der Waals surface area contributed by atoms with Gasteiger partial charge in [0.1, 0.15) is 0 Å². The maximum absolute atomic E-state index is 13.8. The summed E-state index contributed by atoms with van der Waals surface area (Å²) < 4.78 is 6.29. The van der Waals surface area contributed by atoms with Gasteiger partial charge in [0.2, 0.25) is 29.0 Å². The molecule has 0 aromatic heterocycles. The molecule has 0 saturated carbocycles. The third kappa shape index (κ3) is 2.99. The first kappa shape index (κ1) is 21.6. The van der Waals surface area contributed by atoms with Crippen LogP contribution in [0.2, 0.25) is 0 Å². The zero-order valence-corrected chi connectivity index (χ0v) is 19.1. The molecule has 2 amide bonds. The first-order chi connectivity index (χ1) is 16.9. The summed E-state index contributed by atoms with van der Waals surface area (Å²) in [7, 11) is 0. The highest BCUT2D eigenvalue weighted by Crippen LogP contribution is 2.57. The van der Waals surface area contributed by atoms with Gasteiger partial charge >= 0.3 is 0 Å². The Labute approximate surface area is 202 Å². The monoisotopic (exact) mass is 465 g/mol. The van der Waals surface area contributed by atoms with Crippen LogP contribution in [0.15, 0.2) is 78.9 Å². The number of carbonyl (C=O) groups is 4. The van der Waals surface area contributed by atoms with Gasteiger partial charge < -0.3 is 4.74 Å². The zero-order chi connectivity index (χ0) is 24.3. The van der Waals surface area contributed by atoms with Crippen molar-refractivity contribution in [2.75, 3.05) is 6.54 Å². The first-order valence-corrected chi connectivity index (χ1v) is 11.8. The third-order valence-corrected chi connectivity index (χ3v) is 7.48. The lowest BCUT2D eigenvalue weighted by molar-refractivity contribution is -0.144. The zero-order valence-electron chi connectivity index (χ0n) is 19.1. The number of rotatable bonds is 4. The number of carbonyl (C=O) groups excluding carboxylic acids is 4. The van der Waals surface area contributed by atoms with E-state index in [1.54, 1.807) is 24.3 Å². The van der Waals surface area contributed by atoms with Gasteiger partial charge in [-0.05, 0) is 24.5 Å². The van der Waals surface area contributed by atoms with Gasteiger partial charge in [-0.1, -0.05) is 84.4 Å². The molecule has 174 valence electrons. The standard InChI is InChI=1S/C29H23NO5/c1-17-11-13-19(14-12-17)24-22-23(28(34)30(27(22)33)16-15-18-7-3-2-4-8-18)29(35-24)25(31)20-9-5-6-10-21(20)26(29)32/h2-14,22-24H,15-16H2,1H3. The number of fused-ring (bicyclic) bond motifs is 3. The van der Waals surface area contributed by atoms with Gasteiger partial charge in [-0.3, -0.25) is 24.1 Å². The van der Waals surface area contributed by atoms with E-state index in [4.69, 9.17) is 4.74 Å². The maximum atomic E-state index is 13.8. The highest BCUT2D eigenvalue weighted by atomic mass is 16.5. The highest BCUT2D eigenvalue weighted by Gasteiger charge is 2.74. The molecule has 0 N–H and O–H groups in total. The molecular weight excluding hydrogens is 442 g/mol. The largest absolute Gasteiger partial charge is 0.349 e. The van der Waals surface area contributed by atoms with Crippen LogP contribution in [-0.2, 0) is 20.7 Å². The van der Waals surface area contributed by atoms with E-state index in [2.05, 4.69) is 0 Å². The van der Waals surface area contributed by atoms with Crippen molar-refractivity contribution in [2.45, 2.75) is 25.0 Å². The van der Waals surface area contributed by atoms with E-state index < -0.39 is 46.9 Å². The van der Waals surface area contributed by atoms with Crippen LogP contribution in [0.3, 0.4) is 0 Å². The summed E-state index contributed by atoms with van der Waals surface area (Å²) in [5, 5.41) is 0. The second-order valence-corrected chi connectivity index (χ2v) is 9.46. The molecule has 0 bridgehead atoms. The fourth-order valence-corrected chi connectivity index (χ4v) is 5.74. The van der Waals surface area contributed by atoms with Gasteiger partial charge in [0.25, 0.3) is 0 Å². The average molecular weight is 466 g/mol. The molecule has 35 heavy (non-hydrogen) atoms. The van der Waals surface area contributed by atoms with E-state index in [-0.39, 0.29) is 17.7 Å². The molecule has 2 fully saturated rings. The minimum absolute atomic E-state index is 0.181. The van der Waals surface area contributed by atoms with E-state index in [1.807, 2.05) is 61.5 Å². The van der Waals surface area contributed by atoms with Crippen molar-refractivity contribution < 1.29 is 23.9 Å². The molecule has 3 aromatic carbocycles. The summed E-state index contributed by atoms with van der Waals surface area (Å²) in [6.07, 6.45) is -0.385. The second kappa shape index (κ2) is 7.82. The minimum Gasteiger partial charge on any atom is -0.349 e. The van der Waals surface area contributed by atoms with Crippen LogP contribution < -0.4 is 0 Å². The molecule has 6 heteroatoms. The van der Waals surface area contributed by atoms with Gasteiger partial charge in [0.05, 0.1) is 17.9 Å². The number of imide groups is 1. The van der Waals surface area contributed by atoms with Gasteiger partial charge in [-0.25, -0.2) is 0 Å². The van der Waals surface area contributed by atoms with Crippen molar-refractivity contribution in [3.8, 4) is 0 Å². The molecule has 3 unspecified atom stereocenters. The summed E-state index contributed by atoms with van der Waals surface area (Å²) in [5.41, 5.74) is 1.15. The normalized spacial score (nSPS) is 24.4. The highest BCUT2D eigenvalue weighted by molar-refractivity contribution is 6.35. The topological polar surface area (TPSA) is 80.8 Å². The quantitative estimate of drug-likeness (QED) is 0.433. The lowest BCUT2D eigenvalue weighted by atomic mass is 9.77. The minimum atomic E-state index is -2.02. The molecular formula is C29H23NO5. The number of amides is 2. The molecule has 3 aromatic rings. The van der Waals surface area contributed by atoms with E-state index >= 15 is 0 Å². The summed E-state index contributed by atoms with van der Waals surface area (Å²) in [6.45, 7) is 2.13. The number of hydrogen-bond donors (Lipinski definition) is 0. The molecule has 6 rings (SSSR count). The van der Waals surface area contributed by atoms with E-state index in [0.717, 1.165) is 11.1 Å². The smallest absolute Gasteiger partial charge is 0.237 e. The summed E-state index contributed by atoms with van der Waals surface area (Å²) >= 11 is 0. The molecule has 2 heterocycles. The van der Waals surface area contributed by atoms with Crippen LogP contribution >= 0.6 is 0 Å². The molecule has 2 saturated heterocycles. The Hall–Kier alpha value is -3.90. The van der Waals surface area contributed by atoms with E-state index in [1.165, 1.54) is 4.90 Å². The first-order valence-electron chi connectivity index (χ1n) is 11.8. The Morgan fingerprint density at radius 1 is 0.771 bits per heavy atom. The summed E-state index contributed by atoms with van der Waals surface area (Å²) in [5.74, 6) is -4.11. The molecule has 6 nitrogen and oxygen atoms in total. The predicted octanol–water partition coefficient (Wildman–Crippen LogP) is 3.73. The second-order valence-electron chi connectivity index (χ2n) is 9.46. The maximum Gasteiger partial charge on any atom is 0.237 e. The van der Waals surface area contributed by atoms with Crippen molar-refractivity contribution in [1.29, 1.82) is 0 Å². The van der Waals surface area contributed by atoms with Crippen LogP contribution in [0.4, 0.5) is 0 Å². The van der Waals surface area contributed by atoms with Crippen LogP contribution in [0.1, 0.15) is 43.5 Å². The molecule has 1 spiro atoms. The van der Waals surface area contributed by atoms with E-state index in [0.29, 0.717) is 12.0 Å². The summed E-state index contributed by atoms with van der Waals surface area (Å²) in [4.78, 5) is 56.1. The lowest BCUT2D eigenvalue weighted by Gasteiger charge is -2.27. The Morgan fingerprint density at radius 2 is 1.37 bits per heavy atom. The Kier molecular flexibility index (Phi) is 4.83. The van der Waals surface area contributed by atoms with Crippen LogP contribution in [0, 0.1) is 18.8 Å². The Balaban J connectivity index is 1.44. The molecule has 2 aliphatic heterocycles. The lowest BCUT2D eigenvalue weighted by Crippen LogP contribution is -2.51. The van der Waals surface area contributed by atoms with Gasteiger partial charge in [-0.15, -0.1) is 0 Å². The average Bonchev–Trinajstić information content (AvgIpc) is 3.44. The van der Waals surface area contributed by atoms with Crippen LogP contribution in [-0.4, -0.2) is 40.4 Å². The van der Waals surface area contributed by atoms with Crippen molar-refractivity contribution in [3.63, 3.8) is 0 Å². The fraction of sp³-hybridized carbons (Fsp3) is 0.241. The number of aryl methyl sites for hydroxylation is 1. The van der Waals surface area contributed by atoms with Crippen molar-refractivity contribution in [1.82, 2.24) is 4.90 Å². The molecule has 3 aliphatic rings. The molecule has 3 atom stereocenters. The summed E-state index contributed by atoms with van der Waals surface area (Å²) in [6, 6.07) is 23.5.